The second kappa shape index (κ2) is 9.28. The van der Waals surface area contributed by atoms with Crippen LogP contribution in [0.25, 0.3) is 0 Å². The van der Waals surface area contributed by atoms with Crippen molar-refractivity contribution in [2.75, 3.05) is 26.7 Å². The van der Waals surface area contributed by atoms with Crippen molar-refractivity contribution in [3.63, 3.8) is 0 Å². The molecule has 5 nitrogen and oxygen atoms in total. The first kappa shape index (κ1) is 21.0. The first-order valence-corrected chi connectivity index (χ1v) is 11.2. The van der Waals surface area contributed by atoms with E-state index in [9.17, 15) is 9.59 Å². The van der Waals surface area contributed by atoms with Gasteiger partial charge in [-0.15, -0.1) is 9.24 Å². The number of rotatable bonds is 5. The predicted octanol–water partition coefficient (Wildman–Crippen LogP) is 2.91. The molecule has 0 radical (unpaired) electrons. The third-order valence-electron chi connectivity index (χ3n) is 6.32. The van der Waals surface area contributed by atoms with Gasteiger partial charge >= 0.3 is 5.97 Å². The summed E-state index contributed by atoms with van der Waals surface area (Å²) in [5.41, 5.74) is 2.45. The summed E-state index contributed by atoms with van der Waals surface area (Å²) in [6, 6.07) is 19.3. The quantitative estimate of drug-likeness (QED) is 0.547. The third-order valence-corrected chi connectivity index (χ3v) is 6.86. The van der Waals surface area contributed by atoms with Gasteiger partial charge in [-0.3, -0.25) is 9.69 Å². The number of carbonyl (C=O) groups is 2. The highest BCUT2D eigenvalue weighted by atomic mass is 31.0. The summed E-state index contributed by atoms with van der Waals surface area (Å²) >= 11 is 0. The molecule has 0 N–H and O–H groups in total. The lowest BCUT2D eigenvalue weighted by molar-refractivity contribution is -0.151. The summed E-state index contributed by atoms with van der Waals surface area (Å²) in [4.78, 5) is 30.7. The number of esters is 1. The fourth-order valence-electron chi connectivity index (χ4n) is 4.76. The van der Waals surface area contributed by atoms with Crippen LogP contribution in [0.5, 0.6) is 0 Å². The zero-order valence-corrected chi connectivity index (χ0v) is 18.5. The van der Waals surface area contributed by atoms with E-state index >= 15 is 0 Å². The van der Waals surface area contributed by atoms with Crippen molar-refractivity contribution < 1.29 is 14.3 Å². The fraction of sp³-hybridized carbons (Fsp3) is 0.417. The van der Waals surface area contributed by atoms with Crippen LogP contribution in [0, 0.1) is 0 Å². The van der Waals surface area contributed by atoms with Gasteiger partial charge in [0.1, 0.15) is 6.04 Å². The van der Waals surface area contributed by atoms with E-state index in [2.05, 4.69) is 14.1 Å². The normalized spacial score (nSPS) is 24.4. The third kappa shape index (κ3) is 4.28. The highest BCUT2D eigenvalue weighted by molar-refractivity contribution is 7.17. The molecule has 158 valence electrons. The topological polar surface area (TPSA) is 49.9 Å². The molecule has 2 aliphatic heterocycles. The largest absolute Gasteiger partial charge is 0.467 e. The summed E-state index contributed by atoms with van der Waals surface area (Å²) in [5.74, 6) is -0.800. The second-order valence-corrected chi connectivity index (χ2v) is 9.16. The molecule has 4 atom stereocenters. The van der Waals surface area contributed by atoms with Gasteiger partial charge in [0.2, 0.25) is 5.91 Å². The lowest BCUT2D eigenvalue weighted by atomic mass is 9.90. The molecular formula is C24H29N2O3P. The Morgan fingerprint density at radius 1 is 1.00 bits per heavy atom. The zero-order chi connectivity index (χ0) is 21.1. The van der Waals surface area contributed by atoms with Gasteiger partial charge in [-0.1, -0.05) is 60.7 Å². The highest BCUT2D eigenvalue weighted by Crippen LogP contribution is 2.33. The van der Waals surface area contributed by atoms with E-state index in [4.69, 9.17) is 4.74 Å². The Bertz CT molecular complexity index is 837. The average Bonchev–Trinajstić information content (AvgIpc) is 3.41. The minimum atomic E-state index is -0.536. The molecule has 0 spiro atoms. The molecule has 0 bridgehead atoms. The molecule has 0 aliphatic carbocycles. The average molecular weight is 424 g/mol. The highest BCUT2D eigenvalue weighted by Gasteiger charge is 2.45. The lowest BCUT2D eigenvalue weighted by Gasteiger charge is -2.28. The molecule has 1 amide bonds. The monoisotopic (exact) mass is 424 g/mol. The van der Waals surface area contributed by atoms with Crippen LogP contribution < -0.4 is 0 Å². The fourth-order valence-corrected chi connectivity index (χ4v) is 5.18. The van der Waals surface area contributed by atoms with Crippen LogP contribution >= 0.6 is 9.24 Å². The molecule has 2 fully saturated rings. The van der Waals surface area contributed by atoms with Crippen molar-refractivity contribution >= 4 is 21.1 Å². The molecule has 2 saturated heterocycles. The van der Waals surface area contributed by atoms with Crippen molar-refractivity contribution in [3.05, 3.63) is 71.8 Å². The Hall–Kier alpha value is -2.23. The van der Waals surface area contributed by atoms with Crippen LogP contribution in [0.1, 0.15) is 29.9 Å². The van der Waals surface area contributed by atoms with E-state index in [0.29, 0.717) is 18.6 Å². The van der Waals surface area contributed by atoms with Crippen molar-refractivity contribution in [3.8, 4) is 0 Å². The van der Waals surface area contributed by atoms with E-state index in [1.54, 1.807) is 4.90 Å². The van der Waals surface area contributed by atoms with Crippen molar-refractivity contribution in [1.82, 2.24) is 9.80 Å². The summed E-state index contributed by atoms with van der Waals surface area (Å²) < 4.78 is 5.08. The van der Waals surface area contributed by atoms with Crippen LogP contribution in [0.3, 0.4) is 0 Å². The number of amides is 1. The molecular weight excluding hydrogens is 395 g/mol. The maximum Gasteiger partial charge on any atom is 0.328 e. The number of hydrogen-bond donors (Lipinski definition) is 0. The summed E-state index contributed by atoms with van der Waals surface area (Å²) in [5, 5.41) is 0. The number of carbonyl (C=O) groups excluding carboxylic acids is 2. The Balaban J connectivity index is 1.65. The minimum Gasteiger partial charge on any atom is -0.467 e. The first-order valence-electron chi connectivity index (χ1n) is 10.6. The molecule has 6 heteroatoms. The summed E-state index contributed by atoms with van der Waals surface area (Å²) in [6.45, 7) is 2.56. The summed E-state index contributed by atoms with van der Waals surface area (Å²) in [7, 11) is 4.30. The van der Waals surface area contributed by atoms with Crippen LogP contribution in [-0.2, 0) is 14.3 Å². The van der Waals surface area contributed by atoms with Crippen LogP contribution in [0.15, 0.2) is 60.7 Å². The molecule has 4 rings (SSSR count). The maximum atomic E-state index is 13.9. The van der Waals surface area contributed by atoms with Gasteiger partial charge < -0.3 is 9.64 Å². The predicted molar refractivity (Wildman–Crippen MR) is 120 cm³/mol. The Morgan fingerprint density at radius 3 is 2.10 bits per heavy atom. The van der Waals surface area contributed by atoms with E-state index in [0.717, 1.165) is 30.6 Å². The van der Waals surface area contributed by atoms with Gasteiger partial charge in [-0.25, -0.2) is 4.79 Å². The number of benzene rings is 2. The second-order valence-electron chi connectivity index (χ2n) is 8.22. The smallest absolute Gasteiger partial charge is 0.328 e. The Kier molecular flexibility index (Phi) is 6.50. The number of nitrogens with zero attached hydrogens (tertiary/aromatic N) is 2. The minimum absolute atomic E-state index is 0.0353. The molecule has 2 aromatic carbocycles. The van der Waals surface area contributed by atoms with Gasteiger partial charge in [-0.05, 0) is 36.2 Å². The number of hydrogen-bond acceptors (Lipinski definition) is 4. The van der Waals surface area contributed by atoms with Crippen LogP contribution in [0.2, 0.25) is 0 Å². The molecule has 0 aromatic heterocycles. The number of methoxy groups -OCH3 is 1. The maximum absolute atomic E-state index is 13.9. The van der Waals surface area contributed by atoms with E-state index in [-0.39, 0.29) is 17.9 Å². The molecule has 2 aliphatic rings. The van der Waals surface area contributed by atoms with E-state index < -0.39 is 12.0 Å². The summed E-state index contributed by atoms with van der Waals surface area (Å²) in [6.07, 6.45) is 1.76. The van der Waals surface area contributed by atoms with Crippen LogP contribution in [0.4, 0.5) is 0 Å². The molecule has 0 saturated carbocycles. The van der Waals surface area contributed by atoms with Gasteiger partial charge in [0.05, 0.1) is 13.0 Å². The Morgan fingerprint density at radius 2 is 1.60 bits per heavy atom. The first-order chi connectivity index (χ1) is 14.6. The standard InChI is InChI=1S/C24H29N2O3P/c1-29-24(28)21-14-19(25-13-12-20(30)16-25)15-26(21)23(27)22(17-8-4-2-5-9-17)18-10-6-3-7-11-18/h2-11,19-22H,12-16,30H2,1H3/t19?,20-,21-/m0/s1. The van der Waals surface area contributed by atoms with Crippen molar-refractivity contribution in [2.24, 2.45) is 0 Å². The Labute approximate surface area is 180 Å². The van der Waals surface area contributed by atoms with Gasteiger partial charge in [0.15, 0.2) is 0 Å². The van der Waals surface area contributed by atoms with Gasteiger partial charge in [-0.2, -0.15) is 0 Å². The zero-order valence-electron chi connectivity index (χ0n) is 17.3. The lowest BCUT2D eigenvalue weighted by Crippen LogP contribution is -2.44. The van der Waals surface area contributed by atoms with Crippen LogP contribution in [-0.4, -0.2) is 66.2 Å². The van der Waals surface area contributed by atoms with Gasteiger partial charge in [0, 0.05) is 19.1 Å². The van der Waals surface area contributed by atoms with Crippen molar-refractivity contribution in [2.45, 2.75) is 36.5 Å². The molecule has 2 heterocycles. The van der Waals surface area contributed by atoms with Gasteiger partial charge in [0.25, 0.3) is 0 Å². The number of likely N-dealkylation sites (tertiary alicyclic amines) is 2. The number of ether oxygens (including phenoxy) is 1. The van der Waals surface area contributed by atoms with E-state index in [1.165, 1.54) is 7.11 Å². The molecule has 2 aromatic rings. The molecule has 2 unspecified atom stereocenters. The van der Waals surface area contributed by atoms with Crippen molar-refractivity contribution in [1.29, 1.82) is 0 Å². The molecule has 30 heavy (non-hydrogen) atoms. The SMILES string of the molecule is COC(=O)[C@@H]1CC(N2CC[C@H](P)C2)CN1C(=O)C(c1ccccc1)c1ccccc1. The van der Waals surface area contributed by atoms with E-state index in [1.807, 2.05) is 60.7 Å².